The van der Waals surface area contributed by atoms with Gasteiger partial charge in [0.1, 0.15) is 12.3 Å². The summed E-state index contributed by atoms with van der Waals surface area (Å²) in [7, 11) is 0. The summed E-state index contributed by atoms with van der Waals surface area (Å²) < 4.78 is 14.7. The van der Waals surface area contributed by atoms with Crippen molar-refractivity contribution in [3.63, 3.8) is 0 Å². The Morgan fingerprint density at radius 1 is 1.65 bits per heavy atom. The Balaban J connectivity index is 1.82. The predicted molar refractivity (Wildman–Crippen MR) is 59.1 cm³/mol. The van der Waals surface area contributed by atoms with E-state index in [4.69, 9.17) is 0 Å². The minimum Gasteiger partial charge on any atom is -0.388 e. The molecule has 0 unspecified atom stereocenters. The number of hydrogen-bond acceptors (Lipinski definition) is 3. The van der Waals surface area contributed by atoms with Crippen molar-refractivity contribution < 1.29 is 14.3 Å². The first-order chi connectivity index (χ1) is 8.06. The summed E-state index contributed by atoms with van der Waals surface area (Å²) in [5.74, 6) is -0.141. The summed E-state index contributed by atoms with van der Waals surface area (Å²) in [6.07, 6.45) is -0.267. The van der Waals surface area contributed by atoms with Crippen LogP contribution in [0.3, 0.4) is 0 Å². The van der Waals surface area contributed by atoms with Gasteiger partial charge in [0.05, 0.1) is 12.2 Å². The number of halogens is 1. The Labute approximate surface area is 98.8 Å². The first-order valence-corrected chi connectivity index (χ1v) is 5.66. The molecule has 0 radical (unpaired) electrons. The molecule has 0 spiro atoms. The van der Waals surface area contributed by atoms with E-state index in [1.54, 1.807) is 10.9 Å². The summed E-state index contributed by atoms with van der Waals surface area (Å²) in [5.41, 5.74) is 0.901. The number of nitrogens with zero attached hydrogens (tertiary/aromatic N) is 3. The van der Waals surface area contributed by atoms with Crippen molar-refractivity contribution in [3.8, 4) is 0 Å². The first-order valence-electron chi connectivity index (χ1n) is 5.66. The average Bonchev–Trinajstić information content (AvgIpc) is 2.83. The smallest absolute Gasteiger partial charge is 0.224 e. The van der Waals surface area contributed by atoms with Crippen molar-refractivity contribution in [1.29, 1.82) is 0 Å². The number of alkyl halides is 1. The van der Waals surface area contributed by atoms with Gasteiger partial charge >= 0.3 is 0 Å². The van der Waals surface area contributed by atoms with Gasteiger partial charge in [0.2, 0.25) is 5.91 Å². The van der Waals surface area contributed by atoms with E-state index >= 15 is 0 Å². The third-order valence-corrected chi connectivity index (χ3v) is 2.90. The molecule has 2 atom stereocenters. The zero-order chi connectivity index (χ0) is 12.4. The number of β-amino-alcohol motifs (C(OH)–C–C–N with tert-alkyl or cyclic N) is 1. The molecule has 0 aliphatic carbocycles. The molecule has 94 valence electrons. The zero-order valence-corrected chi connectivity index (χ0v) is 9.71. The van der Waals surface area contributed by atoms with Gasteiger partial charge in [-0.05, 0) is 13.0 Å². The van der Waals surface area contributed by atoms with Crippen LogP contribution in [0.4, 0.5) is 4.39 Å². The van der Waals surface area contributed by atoms with Crippen LogP contribution >= 0.6 is 0 Å². The van der Waals surface area contributed by atoms with Crippen LogP contribution in [0.5, 0.6) is 0 Å². The summed E-state index contributed by atoms with van der Waals surface area (Å²) in [6, 6.07) is 1.86. The number of carbonyl (C=O) groups excluding carboxylic acids is 1. The van der Waals surface area contributed by atoms with Gasteiger partial charge in [-0.2, -0.15) is 5.10 Å². The van der Waals surface area contributed by atoms with Crippen LogP contribution in [-0.2, 0) is 11.3 Å². The van der Waals surface area contributed by atoms with Crippen LogP contribution in [0.15, 0.2) is 12.3 Å². The van der Waals surface area contributed by atoms with Gasteiger partial charge in [0.25, 0.3) is 0 Å². The standard InChI is InChI=1S/C11H16FN3O2/c1-8-2-4-15(13-8)5-3-11(17)14-6-9(12)10(16)7-14/h2,4,9-10,16H,3,5-7H2,1H3/t9-,10-/m1/s1. The normalized spacial score (nSPS) is 24.3. The van der Waals surface area contributed by atoms with Gasteiger partial charge < -0.3 is 10.0 Å². The SMILES string of the molecule is Cc1ccn(CCC(=O)N2C[C@@H](O)[C@H](F)C2)n1. The third kappa shape index (κ3) is 2.82. The molecular weight excluding hydrogens is 225 g/mol. The third-order valence-electron chi connectivity index (χ3n) is 2.90. The molecule has 6 heteroatoms. The number of amides is 1. The molecule has 17 heavy (non-hydrogen) atoms. The molecule has 0 saturated carbocycles. The maximum absolute atomic E-state index is 13.0. The number of aryl methyl sites for hydroxylation is 2. The van der Waals surface area contributed by atoms with Crippen LogP contribution < -0.4 is 0 Å². The first kappa shape index (κ1) is 12.0. The summed E-state index contributed by atoms with van der Waals surface area (Å²) in [4.78, 5) is 13.1. The number of likely N-dealkylation sites (tertiary alicyclic amines) is 1. The van der Waals surface area contributed by atoms with E-state index in [1.807, 2.05) is 13.0 Å². The van der Waals surface area contributed by atoms with Crippen molar-refractivity contribution in [2.45, 2.75) is 32.2 Å². The van der Waals surface area contributed by atoms with Crippen molar-refractivity contribution in [2.24, 2.45) is 0 Å². The van der Waals surface area contributed by atoms with Gasteiger partial charge in [0.15, 0.2) is 0 Å². The fourth-order valence-corrected chi connectivity index (χ4v) is 1.91. The molecule has 0 bridgehead atoms. The Hall–Kier alpha value is -1.43. The van der Waals surface area contributed by atoms with Crippen LogP contribution in [0.25, 0.3) is 0 Å². The lowest BCUT2D eigenvalue weighted by molar-refractivity contribution is -0.130. The molecule has 1 N–H and O–H groups in total. The fraction of sp³-hybridized carbons (Fsp3) is 0.636. The highest BCUT2D eigenvalue weighted by Gasteiger charge is 2.33. The second kappa shape index (κ2) is 4.83. The Bertz CT molecular complexity index is 397. The lowest BCUT2D eigenvalue weighted by atomic mass is 10.3. The zero-order valence-electron chi connectivity index (χ0n) is 9.71. The number of hydrogen-bond donors (Lipinski definition) is 1. The Morgan fingerprint density at radius 2 is 2.41 bits per heavy atom. The van der Waals surface area contributed by atoms with E-state index in [0.29, 0.717) is 6.54 Å². The van der Waals surface area contributed by atoms with Crippen molar-refractivity contribution in [3.05, 3.63) is 18.0 Å². The van der Waals surface area contributed by atoms with Crippen LogP contribution in [0.2, 0.25) is 0 Å². The predicted octanol–water partition coefficient (Wildman–Crippen LogP) is 0.123. The summed E-state index contributed by atoms with van der Waals surface area (Å²) in [5, 5.41) is 13.4. The largest absolute Gasteiger partial charge is 0.388 e. The highest BCUT2D eigenvalue weighted by molar-refractivity contribution is 5.76. The number of rotatable bonds is 3. The van der Waals surface area contributed by atoms with Crippen molar-refractivity contribution in [1.82, 2.24) is 14.7 Å². The highest BCUT2D eigenvalue weighted by atomic mass is 19.1. The number of carbonyl (C=O) groups is 1. The van der Waals surface area contributed by atoms with Gasteiger partial charge in [-0.1, -0.05) is 0 Å². The summed E-state index contributed by atoms with van der Waals surface area (Å²) >= 11 is 0. The van der Waals surface area contributed by atoms with E-state index in [0.717, 1.165) is 5.69 Å². The van der Waals surface area contributed by atoms with E-state index in [1.165, 1.54) is 4.90 Å². The van der Waals surface area contributed by atoms with Crippen LogP contribution in [0, 0.1) is 6.92 Å². The monoisotopic (exact) mass is 241 g/mol. The van der Waals surface area contributed by atoms with E-state index in [-0.39, 0.29) is 25.4 Å². The molecule has 2 rings (SSSR count). The fourth-order valence-electron chi connectivity index (χ4n) is 1.91. The second-order valence-electron chi connectivity index (χ2n) is 4.35. The number of aliphatic hydroxyl groups excluding tert-OH is 1. The molecule has 2 heterocycles. The highest BCUT2D eigenvalue weighted by Crippen LogP contribution is 2.14. The molecule has 0 aromatic carbocycles. The molecule has 5 nitrogen and oxygen atoms in total. The van der Waals surface area contributed by atoms with Crippen LogP contribution in [0.1, 0.15) is 12.1 Å². The molecule has 1 aromatic rings. The maximum Gasteiger partial charge on any atom is 0.224 e. The molecule has 1 aromatic heterocycles. The van der Waals surface area contributed by atoms with Crippen LogP contribution in [-0.4, -0.2) is 51.1 Å². The van der Waals surface area contributed by atoms with Crippen molar-refractivity contribution in [2.75, 3.05) is 13.1 Å². The quantitative estimate of drug-likeness (QED) is 0.818. The molecule has 1 fully saturated rings. The average molecular weight is 241 g/mol. The van der Waals surface area contributed by atoms with Gasteiger partial charge in [-0.3, -0.25) is 9.48 Å². The number of aromatic nitrogens is 2. The van der Waals surface area contributed by atoms with Gasteiger partial charge in [-0.15, -0.1) is 0 Å². The maximum atomic E-state index is 13.0. The Kier molecular flexibility index (Phi) is 3.42. The second-order valence-corrected chi connectivity index (χ2v) is 4.35. The van der Waals surface area contributed by atoms with Crippen molar-refractivity contribution >= 4 is 5.91 Å². The molecule has 1 saturated heterocycles. The van der Waals surface area contributed by atoms with E-state index in [9.17, 15) is 14.3 Å². The van der Waals surface area contributed by atoms with Gasteiger partial charge in [-0.25, -0.2) is 4.39 Å². The topological polar surface area (TPSA) is 58.4 Å². The van der Waals surface area contributed by atoms with E-state index in [2.05, 4.69) is 5.10 Å². The summed E-state index contributed by atoms with van der Waals surface area (Å²) in [6.45, 7) is 2.45. The molecule has 1 aliphatic rings. The molecule has 1 amide bonds. The van der Waals surface area contributed by atoms with Gasteiger partial charge in [0, 0.05) is 25.7 Å². The lowest BCUT2D eigenvalue weighted by Gasteiger charge is -2.14. The number of aliphatic hydroxyl groups is 1. The Morgan fingerprint density at radius 3 is 2.94 bits per heavy atom. The molecule has 1 aliphatic heterocycles. The minimum atomic E-state index is -1.31. The lowest BCUT2D eigenvalue weighted by Crippen LogP contribution is -2.30. The minimum absolute atomic E-state index is 0.00185. The molecular formula is C11H16FN3O2. The van der Waals surface area contributed by atoms with E-state index < -0.39 is 12.3 Å².